The number of carbonyl (C=O) groups excluding carboxylic acids is 1. The van der Waals surface area contributed by atoms with Crippen LogP contribution >= 0.6 is 23.2 Å². The molecule has 0 amide bonds. The molecule has 17 heavy (non-hydrogen) atoms. The van der Waals surface area contributed by atoms with E-state index in [9.17, 15) is 9.59 Å². The summed E-state index contributed by atoms with van der Waals surface area (Å²) >= 11 is 11.8. The van der Waals surface area contributed by atoms with Crippen LogP contribution in [0.25, 0.3) is 11.0 Å². The first kappa shape index (κ1) is 12.0. The minimum atomic E-state index is -0.842. The van der Waals surface area contributed by atoms with Gasteiger partial charge in [0.05, 0.1) is 12.1 Å². The fourth-order valence-electron chi connectivity index (χ4n) is 1.41. The molecule has 2 rings (SSSR count). The Kier molecular flexibility index (Phi) is 3.09. The van der Waals surface area contributed by atoms with Gasteiger partial charge in [-0.15, -0.1) is 0 Å². The van der Waals surface area contributed by atoms with Crippen LogP contribution in [-0.4, -0.2) is 13.1 Å². The monoisotopic (exact) mass is 272 g/mol. The number of rotatable bonds is 1. The summed E-state index contributed by atoms with van der Waals surface area (Å²) in [5.41, 5.74) is -0.905. The van der Waals surface area contributed by atoms with E-state index < -0.39 is 11.6 Å². The molecule has 1 aromatic heterocycles. The van der Waals surface area contributed by atoms with Gasteiger partial charge in [-0.2, -0.15) is 0 Å². The molecular weight excluding hydrogens is 267 g/mol. The van der Waals surface area contributed by atoms with E-state index in [0.29, 0.717) is 10.4 Å². The summed E-state index contributed by atoms with van der Waals surface area (Å²) in [5.74, 6) is -0.842. The highest BCUT2D eigenvalue weighted by Gasteiger charge is 2.20. The molecule has 0 aliphatic heterocycles. The van der Waals surface area contributed by atoms with Crippen molar-refractivity contribution in [1.29, 1.82) is 0 Å². The van der Waals surface area contributed by atoms with Crippen LogP contribution < -0.4 is 5.63 Å². The first-order chi connectivity index (χ1) is 8.04. The van der Waals surface area contributed by atoms with Gasteiger partial charge in [0.15, 0.2) is 5.56 Å². The van der Waals surface area contributed by atoms with E-state index in [1.165, 1.54) is 12.1 Å². The number of methoxy groups -OCH3 is 1. The molecule has 0 saturated carbocycles. The van der Waals surface area contributed by atoms with Crippen molar-refractivity contribution >= 4 is 40.1 Å². The van der Waals surface area contributed by atoms with Gasteiger partial charge in [0, 0.05) is 10.4 Å². The minimum Gasteiger partial charge on any atom is -0.465 e. The van der Waals surface area contributed by atoms with Gasteiger partial charge in [-0.1, -0.05) is 23.2 Å². The van der Waals surface area contributed by atoms with E-state index in [1.54, 1.807) is 6.07 Å². The Morgan fingerprint density at radius 3 is 2.71 bits per heavy atom. The molecule has 0 radical (unpaired) electrons. The Balaban J connectivity index is 2.87. The molecule has 1 heterocycles. The summed E-state index contributed by atoms with van der Waals surface area (Å²) < 4.78 is 9.41. The van der Waals surface area contributed by atoms with Crippen molar-refractivity contribution in [3.8, 4) is 0 Å². The fourth-order valence-corrected chi connectivity index (χ4v) is 1.89. The number of carbonyl (C=O) groups is 1. The quantitative estimate of drug-likeness (QED) is 0.592. The predicted molar refractivity (Wildman–Crippen MR) is 63.8 cm³/mol. The lowest BCUT2D eigenvalue weighted by Crippen LogP contribution is -2.16. The summed E-state index contributed by atoms with van der Waals surface area (Å²) in [7, 11) is 1.15. The summed E-state index contributed by atoms with van der Waals surface area (Å²) in [4.78, 5) is 22.9. The molecule has 0 atom stereocenters. The second-order valence-corrected chi connectivity index (χ2v) is 4.02. The highest BCUT2D eigenvalue weighted by Crippen LogP contribution is 2.27. The number of fused-ring (bicyclic) bond motifs is 1. The number of hydrogen-bond donors (Lipinski definition) is 0. The van der Waals surface area contributed by atoms with Crippen LogP contribution in [-0.2, 0) is 4.74 Å². The van der Waals surface area contributed by atoms with Crippen molar-refractivity contribution in [3.63, 3.8) is 0 Å². The molecule has 0 saturated heterocycles. The average Bonchev–Trinajstić information content (AvgIpc) is 2.30. The lowest BCUT2D eigenvalue weighted by atomic mass is 10.2. The van der Waals surface area contributed by atoms with Crippen molar-refractivity contribution in [1.82, 2.24) is 0 Å². The zero-order chi connectivity index (χ0) is 12.6. The second kappa shape index (κ2) is 4.39. The standard InChI is InChI=1S/C11H6Cl2O4/c1-16-10(14)8-9(13)6-4-5(12)2-3-7(6)17-11(8)15/h2-4H,1H3. The lowest BCUT2D eigenvalue weighted by molar-refractivity contribution is 0.0596. The number of esters is 1. The van der Waals surface area contributed by atoms with Crippen LogP contribution in [0.1, 0.15) is 10.4 Å². The largest absolute Gasteiger partial charge is 0.465 e. The highest BCUT2D eigenvalue weighted by molar-refractivity contribution is 6.39. The molecule has 0 fully saturated rings. The number of benzene rings is 1. The Labute approximate surface area is 106 Å². The van der Waals surface area contributed by atoms with Crippen LogP contribution in [0.3, 0.4) is 0 Å². The van der Waals surface area contributed by atoms with Crippen LogP contribution in [0, 0.1) is 0 Å². The van der Waals surface area contributed by atoms with E-state index >= 15 is 0 Å². The van der Waals surface area contributed by atoms with Crippen molar-refractivity contribution < 1.29 is 13.9 Å². The zero-order valence-corrected chi connectivity index (χ0v) is 10.1. The molecule has 2 aromatic rings. The van der Waals surface area contributed by atoms with Crippen LogP contribution in [0.2, 0.25) is 10.0 Å². The summed E-state index contributed by atoms with van der Waals surface area (Å²) in [6.07, 6.45) is 0. The van der Waals surface area contributed by atoms with Gasteiger partial charge in [-0.05, 0) is 18.2 Å². The van der Waals surface area contributed by atoms with E-state index in [-0.39, 0.29) is 16.2 Å². The fraction of sp³-hybridized carbons (Fsp3) is 0.0909. The molecule has 0 N–H and O–H groups in total. The van der Waals surface area contributed by atoms with Crippen molar-refractivity contribution in [2.24, 2.45) is 0 Å². The molecule has 0 bridgehead atoms. The van der Waals surface area contributed by atoms with Crippen LogP contribution in [0.5, 0.6) is 0 Å². The van der Waals surface area contributed by atoms with Gasteiger partial charge in [0.25, 0.3) is 0 Å². The number of hydrogen-bond acceptors (Lipinski definition) is 4. The lowest BCUT2D eigenvalue weighted by Gasteiger charge is -2.04. The van der Waals surface area contributed by atoms with Gasteiger partial charge in [0.1, 0.15) is 5.58 Å². The second-order valence-electron chi connectivity index (χ2n) is 3.21. The third-order valence-corrected chi connectivity index (χ3v) is 2.82. The molecular formula is C11H6Cl2O4. The van der Waals surface area contributed by atoms with E-state index in [4.69, 9.17) is 27.6 Å². The van der Waals surface area contributed by atoms with E-state index in [1.807, 2.05) is 0 Å². The topological polar surface area (TPSA) is 56.5 Å². The Morgan fingerprint density at radius 2 is 2.06 bits per heavy atom. The molecule has 88 valence electrons. The van der Waals surface area contributed by atoms with Gasteiger partial charge in [-0.3, -0.25) is 0 Å². The highest BCUT2D eigenvalue weighted by atomic mass is 35.5. The summed E-state index contributed by atoms with van der Waals surface area (Å²) in [6.45, 7) is 0. The summed E-state index contributed by atoms with van der Waals surface area (Å²) in [5, 5.41) is 0.786. The average molecular weight is 273 g/mol. The van der Waals surface area contributed by atoms with Crippen LogP contribution in [0.4, 0.5) is 0 Å². The third-order valence-electron chi connectivity index (χ3n) is 2.19. The van der Waals surface area contributed by atoms with E-state index in [2.05, 4.69) is 4.74 Å². The maximum atomic E-state index is 11.6. The maximum Gasteiger partial charge on any atom is 0.352 e. The first-order valence-corrected chi connectivity index (χ1v) is 5.30. The third kappa shape index (κ3) is 2.01. The molecule has 4 nitrogen and oxygen atoms in total. The van der Waals surface area contributed by atoms with Gasteiger partial charge in [-0.25, -0.2) is 9.59 Å². The molecule has 0 spiro atoms. The SMILES string of the molecule is COC(=O)c1c(Cl)c2cc(Cl)ccc2oc1=O. The maximum absolute atomic E-state index is 11.6. The zero-order valence-electron chi connectivity index (χ0n) is 8.62. The van der Waals surface area contributed by atoms with Crippen molar-refractivity contribution in [3.05, 3.63) is 44.2 Å². The summed E-state index contributed by atoms with van der Waals surface area (Å²) in [6, 6.07) is 4.57. The van der Waals surface area contributed by atoms with Gasteiger partial charge >= 0.3 is 11.6 Å². The Morgan fingerprint density at radius 1 is 1.35 bits per heavy atom. The predicted octanol–water partition coefficient (Wildman–Crippen LogP) is 2.89. The number of halogens is 2. The normalized spacial score (nSPS) is 10.5. The first-order valence-electron chi connectivity index (χ1n) is 4.54. The smallest absolute Gasteiger partial charge is 0.352 e. The van der Waals surface area contributed by atoms with Gasteiger partial charge in [0.2, 0.25) is 0 Å². The Hall–Kier alpha value is -1.52. The molecule has 0 aliphatic carbocycles. The molecule has 0 unspecified atom stereocenters. The van der Waals surface area contributed by atoms with Crippen LogP contribution in [0.15, 0.2) is 27.4 Å². The minimum absolute atomic E-state index is 0.0226. The molecule has 6 heteroatoms. The Bertz CT molecular complexity index is 660. The molecule has 0 aliphatic rings. The number of ether oxygens (including phenoxy) is 1. The van der Waals surface area contributed by atoms with Crippen molar-refractivity contribution in [2.45, 2.75) is 0 Å². The van der Waals surface area contributed by atoms with Crippen molar-refractivity contribution in [2.75, 3.05) is 7.11 Å². The van der Waals surface area contributed by atoms with E-state index in [0.717, 1.165) is 7.11 Å². The molecule has 1 aromatic carbocycles. The van der Waals surface area contributed by atoms with Gasteiger partial charge < -0.3 is 9.15 Å².